The van der Waals surface area contributed by atoms with Crippen molar-refractivity contribution in [1.29, 1.82) is 0 Å². The van der Waals surface area contributed by atoms with Gasteiger partial charge in [0.1, 0.15) is 17.2 Å². The van der Waals surface area contributed by atoms with E-state index in [-0.39, 0.29) is 17.5 Å². The fourth-order valence-corrected chi connectivity index (χ4v) is 4.05. The van der Waals surface area contributed by atoms with Gasteiger partial charge >= 0.3 is 5.97 Å². The summed E-state index contributed by atoms with van der Waals surface area (Å²) in [4.78, 5) is 41.8. The number of fused-ring (bicyclic) bond motifs is 1. The average Bonchev–Trinajstić information content (AvgIpc) is 3.05. The van der Waals surface area contributed by atoms with Crippen molar-refractivity contribution in [3.63, 3.8) is 0 Å². The van der Waals surface area contributed by atoms with Crippen LogP contribution in [0.1, 0.15) is 35.1 Å². The van der Waals surface area contributed by atoms with E-state index >= 15 is 0 Å². The molecule has 2 N–H and O–H groups in total. The number of halogens is 1. The Kier molecular flexibility index (Phi) is 5.81. The molecule has 146 valence electrons. The minimum absolute atomic E-state index is 0.0350. The van der Waals surface area contributed by atoms with E-state index in [1.54, 1.807) is 18.2 Å². The molecule has 7 nitrogen and oxygen atoms in total. The molecule has 1 amide bonds. The number of nitrogens with one attached hydrogen (secondary N) is 1. The number of carbonyl (C=O) groups is 2. The van der Waals surface area contributed by atoms with E-state index in [0.717, 1.165) is 23.3 Å². The summed E-state index contributed by atoms with van der Waals surface area (Å²) in [6, 6.07) is 5.08. The molecule has 0 radical (unpaired) electrons. The van der Waals surface area contributed by atoms with Gasteiger partial charge in [-0.05, 0) is 37.1 Å². The molecule has 3 rings (SSSR count). The topological polar surface area (TPSA) is 101 Å². The first-order valence-corrected chi connectivity index (χ1v) is 9.87. The molecule has 2 heterocycles. The molecule has 0 saturated heterocycles. The van der Waals surface area contributed by atoms with Crippen LogP contribution in [0.4, 0.5) is 5.69 Å². The van der Waals surface area contributed by atoms with Crippen LogP contribution in [0.15, 0.2) is 28.4 Å². The number of aromatic nitrogens is 2. The molecule has 2 aromatic heterocycles. The second-order valence-corrected chi connectivity index (χ2v) is 7.61. The fourth-order valence-electron chi connectivity index (χ4n) is 2.90. The van der Waals surface area contributed by atoms with E-state index in [9.17, 15) is 19.5 Å². The Bertz CT molecular complexity index is 1140. The Morgan fingerprint density at radius 3 is 2.75 bits per heavy atom. The predicted octanol–water partition coefficient (Wildman–Crippen LogP) is 3.71. The molecule has 0 saturated carbocycles. The monoisotopic (exact) mass is 419 g/mol. The molecule has 0 aliphatic carbocycles. The van der Waals surface area contributed by atoms with E-state index in [2.05, 4.69) is 10.3 Å². The summed E-state index contributed by atoms with van der Waals surface area (Å²) < 4.78 is 1.26. The second kappa shape index (κ2) is 8.12. The summed E-state index contributed by atoms with van der Waals surface area (Å²) in [6.45, 7) is 3.50. The summed E-state index contributed by atoms with van der Waals surface area (Å²) >= 11 is 7.04. The molecule has 0 spiro atoms. The van der Waals surface area contributed by atoms with Crippen LogP contribution >= 0.6 is 22.9 Å². The molecular weight excluding hydrogens is 402 g/mol. The Morgan fingerprint density at radius 1 is 1.36 bits per heavy atom. The van der Waals surface area contributed by atoms with Crippen LogP contribution in [0.5, 0.6) is 0 Å². The van der Waals surface area contributed by atoms with Gasteiger partial charge in [-0.3, -0.25) is 14.2 Å². The van der Waals surface area contributed by atoms with E-state index in [1.165, 1.54) is 9.95 Å². The molecule has 0 fully saturated rings. The third kappa shape index (κ3) is 3.93. The first kappa shape index (κ1) is 20.0. The Hall–Kier alpha value is -2.71. The number of amides is 1. The lowest BCUT2D eigenvalue weighted by molar-refractivity contribution is -0.116. The molecule has 0 bridgehead atoms. The average molecular weight is 420 g/mol. The van der Waals surface area contributed by atoms with Gasteiger partial charge in [-0.1, -0.05) is 18.5 Å². The number of rotatable bonds is 6. The molecule has 0 aliphatic heterocycles. The zero-order valence-corrected chi connectivity index (χ0v) is 16.9. The van der Waals surface area contributed by atoms with Crippen LogP contribution in [0, 0.1) is 6.92 Å². The Morgan fingerprint density at radius 2 is 2.11 bits per heavy atom. The summed E-state index contributed by atoms with van der Waals surface area (Å²) in [6.07, 6.45) is 1.23. The molecule has 28 heavy (non-hydrogen) atoms. The van der Waals surface area contributed by atoms with Gasteiger partial charge < -0.3 is 10.4 Å². The molecular formula is C19H18ClN3O4S. The molecule has 1 aromatic carbocycles. The maximum absolute atomic E-state index is 13.0. The lowest BCUT2D eigenvalue weighted by Gasteiger charge is -2.13. The number of benzene rings is 1. The van der Waals surface area contributed by atoms with Crippen LogP contribution in [0.25, 0.3) is 10.2 Å². The lowest BCUT2D eigenvalue weighted by atomic mass is 10.2. The van der Waals surface area contributed by atoms with Crippen molar-refractivity contribution < 1.29 is 14.7 Å². The number of anilines is 1. The van der Waals surface area contributed by atoms with Crippen LogP contribution in [0.2, 0.25) is 5.02 Å². The number of carboxylic acid groups (broad SMARTS) is 1. The largest absolute Gasteiger partial charge is 0.478 e. The molecule has 0 unspecified atom stereocenters. The number of carboxylic acids is 1. The molecule has 0 atom stereocenters. The minimum atomic E-state index is -1.19. The summed E-state index contributed by atoms with van der Waals surface area (Å²) in [5.74, 6) is -1.14. The lowest BCUT2D eigenvalue weighted by Crippen LogP contribution is -2.31. The van der Waals surface area contributed by atoms with Gasteiger partial charge in [0.2, 0.25) is 5.91 Å². The summed E-state index contributed by atoms with van der Waals surface area (Å²) in [7, 11) is 0. The zero-order chi connectivity index (χ0) is 20.4. The van der Waals surface area contributed by atoms with Crippen molar-refractivity contribution in [2.45, 2.75) is 33.2 Å². The van der Waals surface area contributed by atoms with Gasteiger partial charge in [-0.2, -0.15) is 0 Å². The number of carbonyl (C=O) groups excluding carboxylic acids is 1. The molecule has 0 aliphatic rings. The fraction of sp³-hybridized carbons (Fsp3) is 0.263. The van der Waals surface area contributed by atoms with Crippen LogP contribution in [0.3, 0.4) is 0 Å². The first-order chi connectivity index (χ1) is 13.3. The maximum Gasteiger partial charge on any atom is 0.337 e. The minimum Gasteiger partial charge on any atom is -0.478 e. The van der Waals surface area contributed by atoms with Gasteiger partial charge in [0, 0.05) is 22.5 Å². The molecule has 3 aromatic rings. The zero-order valence-electron chi connectivity index (χ0n) is 15.3. The number of aryl methyl sites for hydroxylation is 2. The normalized spacial score (nSPS) is 11.0. The Balaban J connectivity index is 2.00. The van der Waals surface area contributed by atoms with E-state index in [1.807, 2.05) is 13.8 Å². The van der Waals surface area contributed by atoms with Gasteiger partial charge in [0.15, 0.2) is 0 Å². The van der Waals surface area contributed by atoms with Crippen LogP contribution in [-0.4, -0.2) is 26.5 Å². The maximum atomic E-state index is 13.0. The van der Waals surface area contributed by atoms with Crippen molar-refractivity contribution in [2.75, 3.05) is 5.32 Å². The van der Waals surface area contributed by atoms with Gasteiger partial charge in [-0.25, -0.2) is 9.78 Å². The number of aromatic carboxylic acids is 1. The molecule has 9 heteroatoms. The van der Waals surface area contributed by atoms with Crippen molar-refractivity contribution in [3.8, 4) is 0 Å². The van der Waals surface area contributed by atoms with Crippen LogP contribution < -0.4 is 10.9 Å². The third-order valence-electron chi connectivity index (χ3n) is 4.24. The standard InChI is InChI=1S/C19H18ClN3O4S/c1-3-4-14-22-17-16(12(9-28-17)19(26)27)18(25)23(14)8-15(24)21-13-6-5-11(20)7-10(13)2/h5-7,9H,3-4,8H2,1-2H3,(H,21,24)(H,26,27). The smallest absolute Gasteiger partial charge is 0.337 e. The van der Waals surface area contributed by atoms with Gasteiger partial charge in [-0.15, -0.1) is 11.3 Å². The highest BCUT2D eigenvalue weighted by Crippen LogP contribution is 2.23. The quantitative estimate of drug-likeness (QED) is 0.634. The number of hydrogen-bond donors (Lipinski definition) is 2. The third-order valence-corrected chi connectivity index (χ3v) is 5.35. The SMILES string of the molecule is CCCc1nc2scc(C(=O)O)c2c(=O)n1CC(=O)Nc1ccc(Cl)cc1C. The highest BCUT2D eigenvalue weighted by molar-refractivity contribution is 7.17. The van der Waals surface area contributed by atoms with Crippen molar-refractivity contribution in [3.05, 3.63) is 55.9 Å². The predicted molar refractivity (Wildman–Crippen MR) is 110 cm³/mol. The summed E-state index contributed by atoms with van der Waals surface area (Å²) in [5, 5.41) is 14.1. The summed E-state index contributed by atoms with van der Waals surface area (Å²) in [5.41, 5.74) is 0.773. The van der Waals surface area contributed by atoms with Crippen molar-refractivity contribution >= 4 is 50.7 Å². The Labute approximate surface area is 169 Å². The second-order valence-electron chi connectivity index (χ2n) is 6.31. The first-order valence-electron chi connectivity index (χ1n) is 8.62. The highest BCUT2D eigenvalue weighted by Gasteiger charge is 2.20. The van der Waals surface area contributed by atoms with E-state index in [4.69, 9.17) is 11.6 Å². The number of thiophene rings is 1. The van der Waals surface area contributed by atoms with Crippen LogP contribution in [-0.2, 0) is 17.8 Å². The van der Waals surface area contributed by atoms with E-state index < -0.39 is 17.4 Å². The number of nitrogens with zero attached hydrogens (tertiary/aromatic N) is 2. The van der Waals surface area contributed by atoms with Gasteiger partial charge in [0.05, 0.1) is 10.9 Å². The van der Waals surface area contributed by atoms with Crippen molar-refractivity contribution in [1.82, 2.24) is 9.55 Å². The number of hydrogen-bond acceptors (Lipinski definition) is 5. The highest BCUT2D eigenvalue weighted by atomic mass is 35.5. The van der Waals surface area contributed by atoms with Gasteiger partial charge in [0.25, 0.3) is 5.56 Å². The van der Waals surface area contributed by atoms with Crippen molar-refractivity contribution in [2.24, 2.45) is 0 Å². The van der Waals surface area contributed by atoms with E-state index in [0.29, 0.717) is 27.8 Å².